The number of benzene rings is 1. The maximum atomic E-state index is 11.8. The smallest absolute Gasteiger partial charge is 0.286 e. The lowest BCUT2D eigenvalue weighted by atomic mass is 10.2. The van der Waals surface area contributed by atoms with Crippen LogP contribution in [0.5, 0.6) is 11.5 Å². The number of para-hydroxylation sites is 1. The standard InChI is InChI=1S/C15H16N2O3.ClH/c1-20-14-7-3-2-5-12(14)9-16-15(19)11-17-8-4-6-13(18)10-17;/h2-8,10H,9,11H2,1H3,(H-,16,18,19);1H. The number of methoxy groups -OCH3 is 1. The quantitative estimate of drug-likeness (QED) is 0.629. The van der Waals surface area contributed by atoms with Gasteiger partial charge in [0, 0.05) is 18.2 Å². The van der Waals surface area contributed by atoms with Crippen molar-refractivity contribution in [3.63, 3.8) is 0 Å². The number of aromatic nitrogens is 1. The van der Waals surface area contributed by atoms with Crippen molar-refractivity contribution in [3.8, 4) is 11.5 Å². The Labute approximate surface area is 129 Å². The van der Waals surface area contributed by atoms with E-state index in [0.717, 1.165) is 11.3 Å². The van der Waals surface area contributed by atoms with Gasteiger partial charge in [0.1, 0.15) is 5.75 Å². The van der Waals surface area contributed by atoms with E-state index in [1.165, 1.54) is 6.20 Å². The lowest BCUT2D eigenvalue weighted by molar-refractivity contribution is -0.684. The molecule has 21 heavy (non-hydrogen) atoms. The molecule has 0 aliphatic rings. The Bertz CT molecular complexity index is 605. The second-order valence-electron chi connectivity index (χ2n) is 4.32. The molecule has 0 atom stereocenters. The zero-order valence-electron chi connectivity index (χ0n) is 11.6. The predicted molar refractivity (Wildman–Crippen MR) is 73.1 cm³/mol. The maximum absolute atomic E-state index is 11.8. The van der Waals surface area contributed by atoms with Crippen LogP contribution in [0.25, 0.3) is 0 Å². The number of aromatic hydroxyl groups is 1. The molecule has 1 aromatic carbocycles. The molecule has 2 aromatic rings. The lowest BCUT2D eigenvalue weighted by Gasteiger charge is -2.08. The molecule has 0 radical (unpaired) electrons. The summed E-state index contributed by atoms with van der Waals surface area (Å²) >= 11 is 0. The summed E-state index contributed by atoms with van der Waals surface area (Å²) in [5.74, 6) is 0.745. The summed E-state index contributed by atoms with van der Waals surface area (Å²) in [6.45, 7) is 0.561. The molecule has 1 amide bonds. The van der Waals surface area contributed by atoms with E-state index >= 15 is 0 Å². The molecule has 0 aliphatic carbocycles. The van der Waals surface area contributed by atoms with Gasteiger partial charge in [0.15, 0.2) is 11.9 Å². The normalized spacial score (nSPS) is 9.57. The molecule has 0 unspecified atom stereocenters. The Morgan fingerprint density at radius 1 is 1.29 bits per heavy atom. The summed E-state index contributed by atoms with van der Waals surface area (Å²) in [6, 6.07) is 10.8. The van der Waals surface area contributed by atoms with Crippen molar-refractivity contribution in [2.24, 2.45) is 0 Å². The summed E-state index contributed by atoms with van der Waals surface area (Å²) in [6.07, 6.45) is 3.23. The number of pyridine rings is 1. The van der Waals surface area contributed by atoms with Gasteiger partial charge in [-0.3, -0.25) is 4.79 Å². The van der Waals surface area contributed by atoms with Crippen LogP contribution in [-0.4, -0.2) is 18.1 Å². The first-order valence-electron chi connectivity index (χ1n) is 6.25. The fraction of sp³-hybridized carbons (Fsp3) is 0.200. The number of rotatable bonds is 5. The van der Waals surface area contributed by atoms with E-state index in [2.05, 4.69) is 5.32 Å². The number of halogens is 1. The molecular weight excluding hydrogens is 292 g/mol. The number of amides is 1. The Balaban J connectivity index is 0.00000220. The van der Waals surface area contributed by atoms with Crippen LogP contribution in [0.3, 0.4) is 0 Å². The highest BCUT2D eigenvalue weighted by atomic mass is 35.5. The van der Waals surface area contributed by atoms with E-state index < -0.39 is 0 Å². The van der Waals surface area contributed by atoms with Crippen LogP contribution in [0, 0.1) is 0 Å². The minimum Gasteiger partial charge on any atom is -1.00 e. The molecule has 0 bridgehead atoms. The molecule has 0 aliphatic heterocycles. The van der Waals surface area contributed by atoms with Crippen LogP contribution in [-0.2, 0) is 17.9 Å². The molecule has 112 valence electrons. The summed E-state index contributed by atoms with van der Waals surface area (Å²) < 4.78 is 6.84. The van der Waals surface area contributed by atoms with E-state index in [9.17, 15) is 9.90 Å². The third-order valence-electron chi connectivity index (χ3n) is 2.84. The van der Waals surface area contributed by atoms with Crippen molar-refractivity contribution in [3.05, 3.63) is 54.4 Å². The van der Waals surface area contributed by atoms with Crippen molar-refractivity contribution in [1.29, 1.82) is 0 Å². The number of hydrogen-bond donors (Lipinski definition) is 2. The number of ether oxygens (including phenoxy) is 1. The Hall–Kier alpha value is -2.27. The van der Waals surface area contributed by atoms with Gasteiger partial charge in [-0.25, -0.2) is 0 Å². The lowest BCUT2D eigenvalue weighted by Crippen LogP contribution is -3.00. The van der Waals surface area contributed by atoms with Gasteiger partial charge >= 0.3 is 0 Å². The molecule has 2 N–H and O–H groups in total. The number of hydrogen-bond acceptors (Lipinski definition) is 3. The Morgan fingerprint density at radius 2 is 2.05 bits per heavy atom. The highest BCUT2D eigenvalue weighted by Crippen LogP contribution is 2.16. The summed E-state index contributed by atoms with van der Waals surface area (Å²) in [5.41, 5.74) is 0.921. The van der Waals surface area contributed by atoms with Crippen LogP contribution in [0.1, 0.15) is 5.56 Å². The monoisotopic (exact) mass is 308 g/mol. The van der Waals surface area contributed by atoms with Gasteiger partial charge in [-0.05, 0) is 12.1 Å². The molecule has 5 nitrogen and oxygen atoms in total. The van der Waals surface area contributed by atoms with E-state index in [4.69, 9.17) is 4.74 Å². The number of nitrogens with one attached hydrogen (secondary N) is 1. The van der Waals surface area contributed by atoms with Gasteiger partial charge in [0.2, 0.25) is 12.7 Å². The fourth-order valence-corrected chi connectivity index (χ4v) is 1.87. The first-order chi connectivity index (χ1) is 9.69. The maximum Gasteiger partial charge on any atom is 0.286 e. The van der Waals surface area contributed by atoms with Crippen LogP contribution in [0.2, 0.25) is 0 Å². The molecular formula is C15H17ClN2O3. The minimum atomic E-state index is -0.133. The summed E-state index contributed by atoms with van der Waals surface area (Å²) in [4.78, 5) is 11.8. The molecule has 6 heteroatoms. The molecule has 2 rings (SSSR count). The average molecular weight is 309 g/mol. The van der Waals surface area contributed by atoms with Crippen molar-refractivity contribution in [2.75, 3.05) is 7.11 Å². The van der Waals surface area contributed by atoms with Crippen LogP contribution >= 0.6 is 0 Å². The van der Waals surface area contributed by atoms with Crippen molar-refractivity contribution >= 4 is 5.91 Å². The van der Waals surface area contributed by atoms with Crippen molar-refractivity contribution < 1.29 is 31.6 Å². The number of carbonyl (C=O) groups is 1. The van der Waals surface area contributed by atoms with Gasteiger partial charge in [-0.1, -0.05) is 18.2 Å². The van der Waals surface area contributed by atoms with Gasteiger partial charge in [0.25, 0.3) is 5.91 Å². The van der Waals surface area contributed by atoms with E-state index in [1.54, 1.807) is 30.0 Å². The van der Waals surface area contributed by atoms with Gasteiger partial charge < -0.3 is 27.6 Å². The van der Waals surface area contributed by atoms with E-state index in [1.807, 2.05) is 24.3 Å². The summed E-state index contributed by atoms with van der Waals surface area (Å²) in [7, 11) is 1.60. The van der Waals surface area contributed by atoms with Gasteiger partial charge in [-0.15, -0.1) is 0 Å². The Morgan fingerprint density at radius 3 is 2.76 bits per heavy atom. The van der Waals surface area contributed by atoms with Crippen LogP contribution in [0.15, 0.2) is 48.8 Å². The fourth-order valence-electron chi connectivity index (χ4n) is 1.87. The molecule has 1 heterocycles. The van der Waals surface area contributed by atoms with Crippen molar-refractivity contribution in [1.82, 2.24) is 5.32 Å². The third kappa shape index (κ3) is 4.96. The first kappa shape index (κ1) is 16.8. The molecule has 0 spiro atoms. The predicted octanol–water partition coefficient (Wildman–Crippen LogP) is -1.99. The van der Waals surface area contributed by atoms with Crippen LogP contribution < -0.4 is 27.0 Å². The highest BCUT2D eigenvalue weighted by Gasteiger charge is 2.10. The van der Waals surface area contributed by atoms with E-state index in [-0.39, 0.29) is 30.6 Å². The van der Waals surface area contributed by atoms with Crippen molar-refractivity contribution in [2.45, 2.75) is 13.1 Å². The second-order valence-corrected chi connectivity index (χ2v) is 4.32. The number of carbonyl (C=O) groups excluding carboxylic acids is 1. The van der Waals surface area contributed by atoms with E-state index in [0.29, 0.717) is 6.54 Å². The first-order valence-corrected chi connectivity index (χ1v) is 6.25. The van der Waals surface area contributed by atoms with Gasteiger partial charge in [-0.2, -0.15) is 4.57 Å². The SMILES string of the molecule is COc1ccccc1CNC(=O)C[n+]1cccc(O)c1.[Cl-]. The zero-order chi connectivity index (χ0) is 14.4. The molecule has 1 aromatic heterocycles. The average Bonchev–Trinajstić information content (AvgIpc) is 2.45. The number of nitrogens with zero attached hydrogens (tertiary/aromatic N) is 1. The minimum absolute atomic E-state index is 0. The topological polar surface area (TPSA) is 62.4 Å². The largest absolute Gasteiger partial charge is 1.00 e. The third-order valence-corrected chi connectivity index (χ3v) is 2.84. The molecule has 0 saturated carbocycles. The highest BCUT2D eigenvalue weighted by molar-refractivity contribution is 5.74. The Kier molecular flexibility index (Phi) is 6.49. The molecule has 0 fully saturated rings. The summed E-state index contributed by atoms with van der Waals surface area (Å²) in [5, 5.41) is 12.2. The van der Waals surface area contributed by atoms with Gasteiger partial charge in [0.05, 0.1) is 7.11 Å². The van der Waals surface area contributed by atoms with Crippen LogP contribution in [0.4, 0.5) is 0 Å². The molecule has 0 saturated heterocycles. The zero-order valence-corrected chi connectivity index (χ0v) is 12.4. The second kappa shape index (κ2) is 8.11.